The Bertz CT molecular complexity index is 539. The summed E-state index contributed by atoms with van der Waals surface area (Å²) in [5.74, 6) is -0.0206. The molecule has 5 heteroatoms. The minimum absolute atomic E-state index is 0.199. The normalized spacial score (nSPS) is 16.9. The van der Waals surface area contributed by atoms with E-state index in [9.17, 15) is 9.59 Å². The number of rotatable bonds is 6. The van der Waals surface area contributed by atoms with Crippen molar-refractivity contribution >= 4 is 17.8 Å². The van der Waals surface area contributed by atoms with E-state index in [0.29, 0.717) is 25.3 Å². The predicted octanol–water partition coefficient (Wildman–Crippen LogP) is 0.456. The molecule has 118 valence electrons. The van der Waals surface area contributed by atoms with Crippen molar-refractivity contribution in [3.63, 3.8) is 0 Å². The Labute approximate surface area is 131 Å². The molecule has 1 aromatic carbocycles. The number of guanidine groups is 1. The van der Waals surface area contributed by atoms with Crippen LogP contribution in [0.3, 0.4) is 0 Å². The molecule has 0 spiro atoms. The van der Waals surface area contributed by atoms with E-state index in [1.54, 1.807) is 0 Å². The average Bonchev–Trinajstić information content (AvgIpc) is 2.52. The zero-order valence-electron chi connectivity index (χ0n) is 13.2. The van der Waals surface area contributed by atoms with E-state index in [4.69, 9.17) is 0 Å². The molecule has 1 saturated heterocycles. The number of carbonyl (C=O) groups is 2. The van der Waals surface area contributed by atoms with Crippen LogP contribution in [0.2, 0.25) is 0 Å². The Balaban J connectivity index is 2.12. The minimum atomic E-state index is -0.929. The zero-order chi connectivity index (χ0) is 16.0. The van der Waals surface area contributed by atoms with E-state index in [0.717, 1.165) is 18.4 Å². The number of benzene rings is 1. The molecule has 0 unspecified atom stereocenters. The van der Waals surface area contributed by atoms with Gasteiger partial charge in [0.05, 0.1) is 6.54 Å². The lowest BCUT2D eigenvalue weighted by Gasteiger charge is -2.30. The first-order valence-corrected chi connectivity index (χ1v) is 7.90. The van der Waals surface area contributed by atoms with Crippen molar-refractivity contribution < 1.29 is 14.6 Å². The van der Waals surface area contributed by atoms with Crippen molar-refractivity contribution in [1.82, 2.24) is 10.6 Å². The van der Waals surface area contributed by atoms with Crippen molar-refractivity contribution in [2.45, 2.75) is 46.1 Å². The van der Waals surface area contributed by atoms with Gasteiger partial charge in [0.1, 0.15) is 0 Å². The molecule has 1 aromatic rings. The summed E-state index contributed by atoms with van der Waals surface area (Å²) in [6.07, 6.45) is 2.75. The van der Waals surface area contributed by atoms with Gasteiger partial charge in [-0.3, -0.25) is 14.6 Å². The van der Waals surface area contributed by atoms with Crippen LogP contribution >= 0.6 is 0 Å². The first kappa shape index (κ1) is 16.2. The second-order valence-electron chi connectivity index (χ2n) is 5.70. The second-order valence-corrected chi connectivity index (χ2v) is 5.70. The highest BCUT2D eigenvalue weighted by molar-refractivity contribution is 6.19. The van der Waals surface area contributed by atoms with E-state index in [-0.39, 0.29) is 11.8 Å². The zero-order valence-corrected chi connectivity index (χ0v) is 13.2. The van der Waals surface area contributed by atoms with Gasteiger partial charge in [0.15, 0.2) is 5.41 Å². The monoisotopic (exact) mass is 302 g/mol. The number of carbonyl (C=O) groups excluding carboxylic acids is 2. The maximum atomic E-state index is 12.5. The highest BCUT2D eigenvalue weighted by atomic mass is 16.2. The number of hydrogen-bond donors (Lipinski definition) is 3. The molecule has 0 atom stereocenters. The van der Waals surface area contributed by atoms with E-state index < -0.39 is 5.41 Å². The Morgan fingerprint density at radius 2 is 1.50 bits per heavy atom. The van der Waals surface area contributed by atoms with Gasteiger partial charge < -0.3 is 0 Å². The van der Waals surface area contributed by atoms with Crippen molar-refractivity contribution in [3.8, 4) is 0 Å². The van der Waals surface area contributed by atoms with E-state index in [1.807, 2.05) is 44.2 Å². The summed E-state index contributed by atoms with van der Waals surface area (Å²) in [5, 5.41) is 5.62. The molecule has 1 heterocycles. The Kier molecular flexibility index (Phi) is 5.31. The van der Waals surface area contributed by atoms with E-state index in [2.05, 4.69) is 15.6 Å². The summed E-state index contributed by atoms with van der Waals surface area (Å²) in [5.41, 5.74) is 0.152. The second kappa shape index (κ2) is 7.20. The molecule has 0 bridgehead atoms. The molecule has 2 amide bonds. The van der Waals surface area contributed by atoms with Gasteiger partial charge >= 0.3 is 5.96 Å². The number of hydrogen-bond acceptors (Lipinski definition) is 2. The summed E-state index contributed by atoms with van der Waals surface area (Å²) in [6, 6.07) is 9.82. The third-order valence-corrected chi connectivity index (χ3v) is 4.01. The van der Waals surface area contributed by atoms with Crippen LogP contribution < -0.4 is 15.6 Å². The first-order chi connectivity index (χ1) is 10.6. The molecule has 0 radical (unpaired) electrons. The van der Waals surface area contributed by atoms with E-state index >= 15 is 0 Å². The molecular formula is C17H24N3O2+. The van der Waals surface area contributed by atoms with Crippen LogP contribution in [0, 0.1) is 5.41 Å². The molecule has 1 aliphatic heterocycles. The van der Waals surface area contributed by atoms with Gasteiger partial charge in [0.25, 0.3) is 11.8 Å². The molecule has 5 nitrogen and oxygen atoms in total. The first-order valence-electron chi connectivity index (χ1n) is 7.90. The largest absolute Gasteiger partial charge is 0.358 e. The van der Waals surface area contributed by atoms with Crippen molar-refractivity contribution in [2.24, 2.45) is 5.41 Å². The third-order valence-electron chi connectivity index (χ3n) is 4.01. The van der Waals surface area contributed by atoms with Crippen molar-refractivity contribution in [2.75, 3.05) is 0 Å². The topological polar surface area (TPSA) is 72.2 Å². The van der Waals surface area contributed by atoms with Gasteiger partial charge in [0, 0.05) is 0 Å². The van der Waals surface area contributed by atoms with Crippen LogP contribution in [0.15, 0.2) is 30.3 Å². The lowest BCUT2D eigenvalue weighted by Crippen LogP contribution is -2.82. The van der Waals surface area contributed by atoms with Crippen LogP contribution in [0.4, 0.5) is 0 Å². The molecule has 0 saturated carbocycles. The van der Waals surface area contributed by atoms with Crippen LogP contribution in [-0.2, 0) is 16.1 Å². The van der Waals surface area contributed by atoms with Crippen LogP contribution in [0.1, 0.15) is 45.1 Å². The molecule has 0 aromatic heterocycles. The fraction of sp³-hybridized carbons (Fsp3) is 0.471. The lowest BCUT2D eigenvalue weighted by atomic mass is 9.76. The molecule has 22 heavy (non-hydrogen) atoms. The minimum Gasteiger partial charge on any atom is -0.273 e. The summed E-state index contributed by atoms with van der Waals surface area (Å²) >= 11 is 0. The maximum absolute atomic E-state index is 12.5. The standard InChI is InChI=1S/C17H23N3O2/c1-3-10-17(11-4-2)14(21)19-16(20-15(17)22)18-12-13-8-6-5-7-9-13/h5-9H,3-4,10-12H2,1-2H3,(H2,18,19,20,21,22)/p+1. The predicted molar refractivity (Wildman–Crippen MR) is 84.7 cm³/mol. The summed E-state index contributed by atoms with van der Waals surface area (Å²) in [6.45, 7) is 4.53. The van der Waals surface area contributed by atoms with Gasteiger partial charge in [-0.15, -0.1) is 0 Å². The molecule has 0 aliphatic carbocycles. The smallest absolute Gasteiger partial charge is 0.273 e. The molecule has 1 aliphatic rings. The van der Waals surface area contributed by atoms with Crippen LogP contribution in [0.25, 0.3) is 0 Å². The SMILES string of the molecule is CCCC1(CCC)C(=O)NC(=[NH+]Cc2ccccc2)NC1=O. The maximum Gasteiger partial charge on any atom is 0.358 e. The van der Waals surface area contributed by atoms with Gasteiger partial charge in [-0.1, -0.05) is 57.0 Å². The highest BCUT2D eigenvalue weighted by Gasteiger charge is 2.52. The van der Waals surface area contributed by atoms with Gasteiger partial charge in [-0.05, 0) is 18.4 Å². The van der Waals surface area contributed by atoms with E-state index in [1.165, 1.54) is 0 Å². The summed E-state index contributed by atoms with van der Waals surface area (Å²) < 4.78 is 0. The third kappa shape index (κ3) is 3.35. The Morgan fingerprint density at radius 3 is 2.00 bits per heavy atom. The quantitative estimate of drug-likeness (QED) is 0.668. The highest BCUT2D eigenvalue weighted by Crippen LogP contribution is 2.31. The molecule has 1 fully saturated rings. The number of nitrogens with one attached hydrogen (secondary N) is 3. The summed E-state index contributed by atoms with van der Waals surface area (Å²) in [4.78, 5) is 28.1. The van der Waals surface area contributed by atoms with Gasteiger partial charge in [-0.25, -0.2) is 10.6 Å². The Hall–Kier alpha value is -2.17. The average molecular weight is 302 g/mol. The Morgan fingerprint density at radius 1 is 0.955 bits per heavy atom. The number of amides is 2. The molecule has 2 rings (SSSR count). The fourth-order valence-electron chi connectivity index (χ4n) is 2.91. The van der Waals surface area contributed by atoms with Gasteiger partial charge in [-0.2, -0.15) is 0 Å². The van der Waals surface area contributed by atoms with Crippen molar-refractivity contribution in [3.05, 3.63) is 35.9 Å². The fourth-order valence-corrected chi connectivity index (χ4v) is 2.91. The lowest BCUT2D eigenvalue weighted by molar-refractivity contribution is -0.479. The van der Waals surface area contributed by atoms with Gasteiger partial charge in [0.2, 0.25) is 0 Å². The molecular weight excluding hydrogens is 278 g/mol. The van der Waals surface area contributed by atoms with Crippen LogP contribution in [0.5, 0.6) is 0 Å². The summed E-state index contributed by atoms with van der Waals surface area (Å²) in [7, 11) is 0. The van der Waals surface area contributed by atoms with Crippen LogP contribution in [-0.4, -0.2) is 17.8 Å². The molecule has 3 N–H and O–H groups in total. The van der Waals surface area contributed by atoms with Crippen molar-refractivity contribution in [1.29, 1.82) is 0 Å².